The van der Waals surface area contributed by atoms with Gasteiger partial charge in [0.05, 0.1) is 12.8 Å². The van der Waals surface area contributed by atoms with Crippen LogP contribution < -0.4 is 15.8 Å². The number of nitrogens with two attached hydrogens (primary N) is 1. The molecular weight excluding hydrogens is 376 g/mol. The third-order valence-corrected chi connectivity index (χ3v) is 3.97. The number of aliphatic hydroxyl groups excluding tert-OH is 1. The van der Waals surface area contributed by atoms with Gasteiger partial charge in [-0.2, -0.15) is 0 Å². The maximum atomic E-state index is 9.34. The van der Waals surface area contributed by atoms with Crippen molar-refractivity contribution in [1.29, 1.82) is 0 Å². The van der Waals surface area contributed by atoms with Crippen LogP contribution >= 0.6 is 0 Å². The summed E-state index contributed by atoms with van der Waals surface area (Å²) < 4.78 is 7.98. The van der Waals surface area contributed by atoms with E-state index in [0.717, 1.165) is 10.9 Å². The van der Waals surface area contributed by atoms with E-state index in [1.807, 2.05) is 25.2 Å². The molecule has 2 aromatic heterocycles. The van der Waals surface area contributed by atoms with Gasteiger partial charge in [0.15, 0.2) is 0 Å². The monoisotopic (exact) mass is 400 g/mol. The molecule has 2 heterocycles. The van der Waals surface area contributed by atoms with Crippen LogP contribution in [0.1, 0.15) is 11.3 Å². The Morgan fingerprint density at radius 2 is 2.14 bits per heavy atom. The molecule has 1 amide bonds. The maximum absolute atomic E-state index is 9.34. The highest BCUT2D eigenvalue weighted by Gasteiger charge is 2.11. The van der Waals surface area contributed by atoms with E-state index in [1.165, 1.54) is 25.3 Å². The van der Waals surface area contributed by atoms with Crippen molar-refractivity contribution in [1.82, 2.24) is 19.9 Å². The van der Waals surface area contributed by atoms with Crippen LogP contribution in [-0.2, 0) is 16.7 Å². The van der Waals surface area contributed by atoms with E-state index >= 15 is 0 Å². The van der Waals surface area contributed by atoms with Crippen molar-refractivity contribution in [2.45, 2.75) is 6.92 Å². The minimum absolute atomic E-state index is 0.0126. The van der Waals surface area contributed by atoms with E-state index in [1.54, 1.807) is 0 Å². The zero-order valence-corrected chi connectivity index (χ0v) is 16.5. The molecule has 3 rings (SSSR count). The Hall–Kier alpha value is -3.66. The minimum Gasteiger partial charge on any atom is -0.438 e. The van der Waals surface area contributed by atoms with Crippen LogP contribution in [-0.4, -0.2) is 52.5 Å². The smallest absolute Gasteiger partial charge is 0.233 e. The molecule has 0 bridgehead atoms. The highest BCUT2D eigenvalue weighted by molar-refractivity contribution is 5.88. The van der Waals surface area contributed by atoms with Gasteiger partial charge in [0.2, 0.25) is 12.3 Å². The van der Waals surface area contributed by atoms with Crippen LogP contribution in [0.15, 0.2) is 35.7 Å². The van der Waals surface area contributed by atoms with Gasteiger partial charge in [-0.15, -0.1) is 0 Å². The normalized spacial score (nSPS) is 10.5. The van der Waals surface area contributed by atoms with E-state index < -0.39 is 0 Å². The summed E-state index contributed by atoms with van der Waals surface area (Å²) in [6, 6.07) is 7.95. The highest BCUT2D eigenvalue weighted by atomic mass is 16.6. The van der Waals surface area contributed by atoms with Crippen LogP contribution in [0.2, 0.25) is 0 Å². The van der Waals surface area contributed by atoms with Crippen molar-refractivity contribution < 1.29 is 19.5 Å². The summed E-state index contributed by atoms with van der Waals surface area (Å²) in [7, 11) is 3.48. The topological polar surface area (TPSA) is 137 Å². The van der Waals surface area contributed by atoms with Gasteiger partial charge in [-0.05, 0) is 31.2 Å². The zero-order valence-electron chi connectivity index (χ0n) is 16.5. The molecule has 3 aromatic rings. The third kappa shape index (κ3) is 5.66. The molecular formula is C19H24N6O4. The van der Waals surface area contributed by atoms with E-state index in [0.29, 0.717) is 30.1 Å². The molecule has 0 aliphatic rings. The van der Waals surface area contributed by atoms with Crippen molar-refractivity contribution in [2.75, 3.05) is 26.0 Å². The van der Waals surface area contributed by atoms with Gasteiger partial charge in [0.1, 0.15) is 30.6 Å². The third-order valence-electron chi connectivity index (χ3n) is 3.97. The number of hydrogen-bond donors (Lipinski definition) is 3. The molecule has 1 aromatic carbocycles. The number of nitrogens with one attached hydrogen (secondary N) is 1. The van der Waals surface area contributed by atoms with Gasteiger partial charge in [-0.3, -0.25) is 4.79 Å². The predicted octanol–water partition coefficient (Wildman–Crippen LogP) is 1.36. The summed E-state index contributed by atoms with van der Waals surface area (Å²) in [6.07, 6.45) is 3.33. The molecule has 0 saturated carbocycles. The molecule has 154 valence electrons. The first-order chi connectivity index (χ1) is 14.0. The highest BCUT2D eigenvalue weighted by Crippen LogP contribution is 2.28. The lowest BCUT2D eigenvalue weighted by Crippen LogP contribution is -2.14. The van der Waals surface area contributed by atoms with Gasteiger partial charge in [0.25, 0.3) is 0 Å². The molecule has 10 heteroatoms. The second-order valence-corrected chi connectivity index (χ2v) is 5.86. The van der Waals surface area contributed by atoms with Gasteiger partial charge in [-0.25, -0.2) is 9.97 Å². The Balaban J connectivity index is 0.000000438. The lowest BCUT2D eigenvalue weighted by Gasteiger charge is -2.08. The number of rotatable bonds is 7. The van der Waals surface area contributed by atoms with Crippen LogP contribution in [0, 0.1) is 6.92 Å². The number of fused-ring (bicyclic) bond motifs is 1. The Labute approximate surface area is 168 Å². The van der Waals surface area contributed by atoms with Crippen molar-refractivity contribution >= 4 is 29.3 Å². The van der Waals surface area contributed by atoms with Crippen molar-refractivity contribution in [2.24, 2.45) is 12.2 Å². The summed E-state index contributed by atoms with van der Waals surface area (Å²) in [6.45, 7) is 2.42. The van der Waals surface area contributed by atoms with Crippen molar-refractivity contribution in [3.63, 3.8) is 0 Å². The Morgan fingerprint density at radius 3 is 2.79 bits per heavy atom. The van der Waals surface area contributed by atoms with Crippen molar-refractivity contribution in [3.8, 4) is 11.6 Å². The van der Waals surface area contributed by atoms with Crippen LogP contribution in [0.4, 0.5) is 5.82 Å². The lowest BCUT2D eigenvalue weighted by molar-refractivity contribution is -0.109. The fraction of sp³-hybridized carbons (Fsp3) is 0.263. The number of aromatic nitrogens is 3. The molecule has 29 heavy (non-hydrogen) atoms. The Bertz CT molecular complexity index is 986. The molecule has 10 nitrogen and oxygen atoms in total. The molecule has 0 fully saturated rings. The van der Waals surface area contributed by atoms with Crippen LogP contribution in [0.5, 0.6) is 11.6 Å². The predicted molar refractivity (Wildman–Crippen MR) is 110 cm³/mol. The van der Waals surface area contributed by atoms with E-state index in [2.05, 4.69) is 42.8 Å². The molecule has 0 aliphatic heterocycles. The van der Waals surface area contributed by atoms with Gasteiger partial charge < -0.3 is 30.3 Å². The summed E-state index contributed by atoms with van der Waals surface area (Å²) >= 11 is 0. The first-order valence-corrected chi connectivity index (χ1v) is 8.70. The molecule has 0 radical (unpaired) electrons. The molecule has 4 N–H and O–H groups in total. The standard InChI is InChI=1S/C16H17N5O2.C3H7NO2/c1-10-6-11-7-12(4-5-14(11)21(10)2)23-16-13(8-20-22-3)15(17)18-9-19-16;5-2-1-4-3-6/h4-9H,1-3H3,(H2,17,18,19);3,5H,1-2H2,(H,4,6)/b20-8+;. The van der Waals surface area contributed by atoms with Gasteiger partial charge in [-0.1, -0.05) is 5.16 Å². The number of aliphatic hydroxyl groups is 1. The number of amides is 1. The molecule has 0 unspecified atom stereocenters. The summed E-state index contributed by atoms with van der Waals surface area (Å²) in [5, 5.41) is 15.0. The summed E-state index contributed by atoms with van der Waals surface area (Å²) in [4.78, 5) is 22.1. The number of carbonyl (C=O) groups excluding carboxylic acids is 1. The lowest BCUT2D eigenvalue weighted by atomic mass is 10.2. The quantitative estimate of drug-likeness (QED) is 0.236. The average molecular weight is 400 g/mol. The van der Waals surface area contributed by atoms with Crippen molar-refractivity contribution in [3.05, 3.63) is 41.9 Å². The summed E-state index contributed by atoms with van der Waals surface area (Å²) in [5.74, 6) is 1.26. The van der Waals surface area contributed by atoms with E-state index in [9.17, 15) is 4.79 Å². The van der Waals surface area contributed by atoms with Gasteiger partial charge >= 0.3 is 0 Å². The first-order valence-electron chi connectivity index (χ1n) is 8.70. The number of benzene rings is 1. The fourth-order valence-electron chi connectivity index (χ4n) is 2.46. The number of ether oxygens (including phenoxy) is 1. The Morgan fingerprint density at radius 1 is 1.34 bits per heavy atom. The zero-order chi connectivity index (χ0) is 21.2. The number of carbonyl (C=O) groups is 1. The number of oxime groups is 1. The second kappa shape index (κ2) is 10.6. The number of aryl methyl sites for hydroxylation is 2. The first kappa shape index (κ1) is 21.6. The molecule has 0 atom stereocenters. The fourth-order valence-corrected chi connectivity index (χ4v) is 2.46. The molecule has 0 saturated heterocycles. The second-order valence-electron chi connectivity index (χ2n) is 5.86. The number of hydrogen-bond acceptors (Lipinski definition) is 8. The molecule has 0 spiro atoms. The Kier molecular flexibility index (Phi) is 7.92. The van der Waals surface area contributed by atoms with E-state index in [4.69, 9.17) is 15.6 Å². The largest absolute Gasteiger partial charge is 0.438 e. The average Bonchev–Trinajstić information content (AvgIpc) is 2.99. The van der Waals surface area contributed by atoms with Gasteiger partial charge in [0, 0.05) is 30.2 Å². The van der Waals surface area contributed by atoms with Crippen LogP contribution in [0.3, 0.4) is 0 Å². The maximum Gasteiger partial charge on any atom is 0.233 e. The molecule has 0 aliphatic carbocycles. The summed E-state index contributed by atoms with van der Waals surface area (Å²) in [5.41, 5.74) is 8.63. The minimum atomic E-state index is 0.0126. The SMILES string of the molecule is CO/N=C/c1c(N)ncnc1Oc1ccc2c(c1)cc(C)n2C.O=CNCCO. The number of nitrogen functional groups attached to an aromatic ring is 1. The number of anilines is 1. The van der Waals surface area contributed by atoms with E-state index in [-0.39, 0.29) is 12.4 Å². The van der Waals surface area contributed by atoms with Crippen LogP contribution in [0.25, 0.3) is 10.9 Å². The number of nitrogens with zero attached hydrogens (tertiary/aromatic N) is 4.